The normalized spacial score (nSPS) is 11.5. The van der Waals surface area contributed by atoms with Crippen LogP contribution in [0.2, 0.25) is 0 Å². The van der Waals surface area contributed by atoms with Gasteiger partial charge >= 0.3 is 0 Å². The zero-order valence-corrected chi connectivity index (χ0v) is 31.1. The number of nitrogens with zero attached hydrogens (tertiary/aromatic N) is 2. The lowest BCUT2D eigenvalue weighted by molar-refractivity contribution is 0.669. The van der Waals surface area contributed by atoms with Gasteiger partial charge in [0.25, 0.3) is 0 Å². The topological polar surface area (TPSA) is 21.3 Å². The van der Waals surface area contributed by atoms with Crippen LogP contribution in [0.25, 0.3) is 82.8 Å². The Kier molecular flexibility index (Phi) is 7.82. The van der Waals surface area contributed by atoms with Crippen molar-refractivity contribution in [2.45, 2.75) is 0 Å². The molecule has 0 atom stereocenters. The summed E-state index contributed by atoms with van der Waals surface area (Å²) in [7, 11) is 0. The molecule has 0 aliphatic carbocycles. The molecule has 2 aromatic heterocycles. The predicted molar refractivity (Wildman–Crippen MR) is 239 cm³/mol. The molecule has 11 rings (SSSR count). The summed E-state index contributed by atoms with van der Waals surface area (Å²) < 4.78 is 8.73. The lowest BCUT2D eigenvalue weighted by Crippen LogP contribution is -2.12. The number of fused-ring (bicyclic) bond motifs is 6. The molecule has 57 heavy (non-hydrogen) atoms. The van der Waals surface area contributed by atoms with Crippen molar-refractivity contribution in [3.63, 3.8) is 0 Å². The number of aromatic nitrogens is 1. The van der Waals surface area contributed by atoms with E-state index >= 15 is 0 Å². The lowest BCUT2D eigenvalue weighted by atomic mass is 9.95. The van der Waals surface area contributed by atoms with Gasteiger partial charge in [0.05, 0.1) is 22.4 Å². The number of benzene rings is 9. The van der Waals surface area contributed by atoms with E-state index in [-0.39, 0.29) is 0 Å². The summed E-state index contributed by atoms with van der Waals surface area (Å²) in [5, 5.41) is 4.77. The van der Waals surface area contributed by atoms with Crippen molar-refractivity contribution < 1.29 is 4.42 Å². The Morgan fingerprint density at radius 2 is 0.842 bits per heavy atom. The van der Waals surface area contributed by atoms with E-state index in [4.69, 9.17) is 4.42 Å². The van der Waals surface area contributed by atoms with Gasteiger partial charge in [-0.15, -0.1) is 0 Å². The summed E-state index contributed by atoms with van der Waals surface area (Å²) in [6.07, 6.45) is 0. The fraction of sp³-hybridized carbons (Fsp3) is 0. The van der Waals surface area contributed by atoms with Crippen LogP contribution in [0.15, 0.2) is 223 Å². The summed E-state index contributed by atoms with van der Waals surface area (Å²) in [6.45, 7) is 0. The first-order valence-corrected chi connectivity index (χ1v) is 19.4. The molecule has 0 unspecified atom stereocenters. The molecule has 0 aliphatic rings. The van der Waals surface area contributed by atoms with Crippen molar-refractivity contribution in [3.8, 4) is 39.1 Å². The van der Waals surface area contributed by atoms with Crippen molar-refractivity contribution in [1.29, 1.82) is 0 Å². The minimum atomic E-state index is 0.883. The Hall–Kier alpha value is -7.62. The molecule has 0 amide bonds. The van der Waals surface area contributed by atoms with Gasteiger partial charge in [-0.25, -0.2) is 0 Å². The molecule has 0 radical (unpaired) electrons. The Labute approximate surface area is 330 Å². The van der Waals surface area contributed by atoms with E-state index in [9.17, 15) is 0 Å². The van der Waals surface area contributed by atoms with Gasteiger partial charge in [-0.3, -0.25) is 0 Å². The summed E-state index contributed by atoms with van der Waals surface area (Å²) in [5.74, 6) is 0. The first-order valence-electron chi connectivity index (χ1n) is 19.4. The highest BCUT2D eigenvalue weighted by atomic mass is 16.3. The molecule has 2 heterocycles. The second-order valence-corrected chi connectivity index (χ2v) is 14.5. The number of para-hydroxylation sites is 5. The number of hydrogen-bond acceptors (Lipinski definition) is 2. The van der Waals surface area contributed by atoms with Gasteiger partial charge in [0, 0.05) is 44.0 Å². The lowest BCUT2D eigenvalue weighted by Gasteiger charge is -2.30. The maximum absolute atomic E-state index is 6.37. The van der Waals surface area contributed by atoms with Crippen molar-refractivity contribution in [2.75, 3.05) is 4.90 Å². The van der Waals surface area contributed by atoms with Gasteiger partial charge in [0.2, 0.25) is 0 Å². The molecule has 0 saturated heterocycles. The molecule has 0 spiro atoms. The minimum absolute atomic E-state index is 0.883. The van der Waals surface area contributed by atoms with Crippen LogP contribution in [-0.2, 0) is 0 Å². The van der Waals surface area contributed by atoms with E-state index in [0.717, 1.165) is 66.9 Å². The second-order valence-electron chi connectivity index (χ2n) is 14.5. The van der Waals surface area contributed by atoms with Gasteiger partial charge in [0.15, 0.2) is 0 Å². The van der Waals surface area contributed by atoms with Crippen molar-refractivity contribution in [1.82, 2.24) is 4.57 Å². The first-order chi connectivity index (χ1) is 28.3. The maximum atomic E-state index is 6.37. The van der Waals surface area contributed by atoms with Crippen molar-refractivity contribution in [2.24, 2.45) is 0 Å². The zero-order valence-electron chi connectivity index (χ0n) is 31.1. The largest absolute Gasteiger partial charge is 0.456 e. The molecule has 0 N–H and O–H groups in total. The van der Waals surface area contributed by atoms with Crippen LogP contribution < -0.4 is 4.90 Å². The van der Waals surface area contributed by atoms with Crippen LogP contribution >= 0.6 is 0 Å². The number of hydrogen-bond donors (Lipinski definition) is 0. The van der Waals surface area contributed by atoms with Gasteiger partial charge in [-0.2, -0.15) is 0 Å². The van der Waals surface area contributed by atoms with E-state index < -0.39 is 0 Å². The molecule has 11 aromatic rings. The molecule has 9 aromatic carbocycles. The Bertz CT molecular complexity index is 3170. The van der Waals surface area contributed by atoms with E-state index in [1.807, 2.05) is 12.1 Å². The third-order valence-electron chi connectivity index (χ3n) is 11.2. The summed E-state index contributed by atoms with van der Waals surface area (Å²) in [4.78, 5) is 2.41. The monoisotopic (exact) mass is 728 g/mol. The van der Waals surface area contributed by atoms with Crippen LogP contribution in [0.5, 0.6) is 0 Å². The number of rotatable bonds is 7. The van der Waals surface area contributed by atoms with Gasteiger partial charge in [0.1, 0.15) is 11.2 Å². The standard InChI is InChI=1S/C54H36N2O/c1-2-15-39(16-3-1)42-17-4-9-23-48(42)55(51-26-12-7-20-45(51)46-22-14-28-53-54(46)47-21-8-13-27-52(47)57-53)40-33-29-37(30-34-40)38-31-35-41(36-32-38)56-49-24-10-5-18-43(49)44-19-6-11-25-50(44)56/h1-36H. The van der Waals surface area contributed by atoms with Crippen LogP contribution in [0.3, 0.4) is 0 Å². The Morgan fingerprint density at radius 1 is 0.333 bits per heavy atom. The Morgan fingerprint density at radius 3 is 1.54 bits per heavy atom. The number of furan rings is 1. The molecule has 3 heteroatoms. The third-order valence-corrected chi connectivity index (χ3v) is 11.2. The fourth-order valence-corrected chi connectivity index (χ4v) is 8.64. The van der Waals surface area contributed by atoms with E-state index in [2.05, 4.69) is 216 Å². The van der Waals surface area contributed by atoms with Crippen LogP contribution in [-0.4, -0.2) is 4.57 Å². The average molecular weight is 729 g/mol. The van der Waals surface area contributed by atoms with Gasteiger partial charge in [-0.1, -0.05) is 158 Å². The molecule has 0 saturated carbocycles. The molecule has 0 aliphatic heterocycles. The summed E-state index contributed by atoms with van der Waals surface area (Å²) in [5.41, 5.74) is 15.5. The van der Waals surface area contributed by atoms with Crippen molar-refractivity contribution >= 4 is 60.8 Å². The smallest absolute Gasteiger partial charge is 0.136 e. The summed E-state index contributed by atoms with van der Waals surface area (Å²) >= 11 is 0. The maximum Gasteiger partial charge on any atom is 0.136 e. The van der Waals surface area contributed by atoms with E-state index in [1.54, 1.807) is 0 Å². The molecule has 0 bridgehead atoms. The predicted octanol–water partition coefficient (Wildman–Crippen LogP) is 15.2. The third kappa shape index (κ3) is 5.51. The van der Waals surface area contributed by atoms with Crippen LogP contribution in [0, 0.1) is 0 Å². The highest BCUT2D eigenvalue weighted by Crippen LogP contribution is 2.47. The van der Waals surface area contributed by atoms with Crippen LogP contribution in [0.4, 0.5) is 17.1 Å². The SMILES string of the molecule is c1ccc(-c2ccccc2N(c2ccc(-c3ccc(-n4c5ccccc5c5ccccc54)cc3)cc2)c2ccccc2-c2cccc3oc4ccccc4c23)cc1. The summed E-state index contributed by atoms with van der Waals surface area (Å²) in [6, 6.07) is 78.1. The highest BCUT2D eigenvalue weighted by Gasteiger charge is 2.22. The molecule has 0 fully saturated rings. The molecule has 268 valence electrons. The van der Waals surface area contributed by atoms with E-state index in [1.165, 1.54) is 32.9 Å². The minimum Gasteiger partial charge on any atom is -0.456 e. The molecule has 3 nitrogen and oxygen atoms in total. The highest BCUT2D eigenvalue weighted by molar-refractivity contribution is 6.14. The van der Waals surface area contributed by atoms with Crippen LogP contribution in [0.1, 0.15) is 0 Å². The molecular formula is C54H36N2O. The first kappa shape index (κ1) is 32.8. The zero-order chi connectivity index (χ0) is 37.7. The Balaban J connectivity index is 1.04. The van der Waals surface area contributed by atoms with Gasteiger partial charge in [-0.05, 0) is 82.9 Å². The van der Waals surface area contributed by atoms with E-state index in [0.29, 0.717) is 0 Å². The quantitative estimate of drug-likeness (QED) is 0.163. The van der Waals surface area contributed by atoms with Gasteiger partial charge < -0.3 is 13.9 Å². The van der Waals surface area contributed by atoms with Crippen molar-refractivity contribution in [3.05, 3.63) is 218 Å². The average Bonchev–Trinajstić information content (AvgIpc) is 3.84. The fourth-order valence-electron chi connectivity index (χ4n) is 8.64. The second kappa shape index (κ2) is 13.6. The number of anilines is 3. The molecular weight excluding hydrogens is 693 g/mol.